The van der Waals surface area contributed by atoms with Crippen LogP contribution in [0.15, 0.2) is 36.4 Å². The second-order valence-electron chi connectivity index (χ2n) is 8.35. The number of fused-ring (bicyclic) bond motifs is 1. The van der Waals surface area contributed by atoms with Gasteiger partial charge in [-0.1, -0.05) is 24.3 Å². The topological polar surface area (TPSA) is 78.5 Å². The lowest BCUT2D eigenvalue weighted by molar-refractivity contribution is 0.0492. The van der Waals surface area contributed by atoms with Crippen LogP contribution in [-0.4, -0.2) is 45.4 Å². The highest BCUT2D eigenvalue weighted by molar-refractivity contribution is 6.00. The minimum Gasteiger partial charge on any atom is -0.507 e. The van der Waals surface area contributed by atoms with E-state index in [0.29, 0.717) is 41.2 Å². The fraction of sp³-hybridized carbons (Fsp3) is 0.333. The second kappa shape index (κ2) is 7.50. The Labute approximate surface area is 179 Å². The van der Waals surface area contributed by atoms with E-state index in [1.54, 1.807) is 29.2 Å². The van der Waals surface area contributed by atoms with Crippen molar-refractivity contribution in [2.45, 2.75) is 38.8 Å². The van der Waals surface area contributed by atoms with Crippen molar-refractivity contribution in [1.29, 1.82) is 0 Å². The van der Waals surface area contributed by atoms with Crippen molar-refractivity contribution in [3.05, 3.63) is 70.2 Å². The number of carbonyl (C=O) groups is 1. The van der Waals surface area contributed by atoms with Gasteiger partial charge in [-0.3, -0.25) is 9.89 Å². The maximum absolute atomic E-state index is 15.0. The summed E-state index contributed by atoms with van der Waals surface area (Å²) < 4.78 is 20.7. The molecule has 3 heterocycles. The molecular formula is C24H24FN3O3. The smallest absolute Gasteiger partial charge is 0.273 e. The summed E-state index contributed by atoms with van der Waals surface area (Å²) in [6, 6.07) is 9.46. The molecule has 1 fully saturated rings. The van der Waals surface area contributed by atoms with Gasteiger partial charge in [-0.15, -0.1) is 0 Å². The van der Waals surface area contributed by atoms with Gasteiger partial charge in [0.1, 0.15) is 23.0 Å². The highest BCUT2D eigenvalue weighted by Crippen LogP contribution is 2.46. The van der Waals surface area contributed by atoms with Gasteiger partial charge in [0.15, 0.2) is 0 Å². The molecule has 0 aliphatic carbocycles. The lowest BCUT2D eigenvalue weighted by Crippen LogP contribution is -2.36. The first-order valence-electron chi connectivity index (χ1n) is 10.5. The zero-order valence-electron chi connectivity index (χ0n) is 17.5. The minimum absolute atomic E-state index is 0.0758. The fourth-order valence-electron chi connectivity index (χ4n) is 4.86. The van der Waals surface area contributed by atoms with E-state index in [9.17, 15) is 14.3 Å². The van der Waals surface area contributed by atoms with Crippen LogP contribution in [0.1, 0.15) is 51.6 Å². The second-order valence-corrected chi connectivity index (χ2v) is 8.35. The summed E-state index contributed by atoms with van der Waals surface area (Å²) in [5.41, 5.74) is 4.12. The molecule has 2 atom stereocenters. The normalized spacial score (nSPS) is 20.5. The van der Waals surface area contributed by atoms with Crippen molar-refractivity contribution >= 4 is 5.91 Å². The highest BCUT2D eigenvalue weighted by Gasteiger charge is 2.44. The maximum Gasteiger partial charge on any atom is 0.273 e. The molecule has 1 aromatic heterocycles. The molecule has 0 spiro atoms. The summed E-state index contributed by atoms with van der Waals surface area (Å²) in [5, 5.41) is 18.0. The van der Waals surface area contributed by atoms with Crippen LogP contribution in [0.4, 0.5) is 4.39 Å². The number of amides is 1. The van der Waals surface area contributed by atoms with Crippen LogP contribution in [-0.2, 0) is 4.74 Å². The number of halogens is 1. The van der Waals surface area contributed by atoms with Crippen LogP contribution >= 0.6 is 0 Å². The zero-order valence-corrected chi connectivity index (χ0v) is 17.5. The van der Waals surface area contributed by atoms with Gasteiger partial charge in [-0.25, -0.2) is 4.39 Å². The van der Waals surface area contributed by atoms with Gasteiger partial charge in [0.25, 0.3) is 5.91 Å². The van der Waals surface area contributed by atoms with Crippen molar-refractivity contribution in [2.24, 2.45) is 0 Å². The molecule has 5 rings (SSSR count). The molecule has 1 amide bonds. The Bertz CT molecular complexity index is 1140. The van der Waals surface area contributed by atoms with Crippen LogP contribution in [0.3, 0.4) is 0 Å². The Morgan fingerprint density at radius 3 is 2.81 bits per heavy atom. The first kappa shape index (κ1) is 19.8. The molecule has 2 N–H and O–H groups in total. The van der Waals surface area contributed by atoms with Gasteiger partial charge < -0.3 is 14.7 Å². The minimum atomic E-state index is -0.651. The number of carbonyl (C=O) groups excluding carboxylic acids is 1. The van der Waals surface area contributed by atoms with Gasteiger partial charge in [-0.2, -0.15) is 5.10 Å². The molecule has 0 radical (unpaired) electrons. The van der Waals surface area contributed by atoms with E-state index in [0.717, 1.165) is 24.0 Å². The summed E-state index contributed by atoms with van der Waals surface area (Å²) in [6.07, 6.45) is 1.74. The lowest BCUT2D eigenvalue weighted by atomic mass is 9.93. The number of nitrogens with zero attached hydrogens (tertiary/aromatic N) is 2. The van der Waals surface area contributed by atoms with E-state index >= 15 is 0 Å². The summed E-state index contributed by atoms with van der Waals surface area (Å²) in [4.78, 5) is 15.0. The summed E-state index contributed by atoms with van der Waals surface area (Å²) in [5.74, 6) is -0.534. The average molecular weight is 421 g/mol. The number of benzene rings is 2. The molecule has 6 nitrogen and oxygen atoms in total. The van der Waals surface area contributed by atoms with E-state index < -0.39 is 6.04 Å². The number of rotatable bonds is 4. The molecule has 3 aromatic rings. The molecule has 1 saturated heterocycles. The zero-order chi connectivity index (χ0) is 21.7. The summed E-state index contributed by atoms with van der Waals surface area (Å²) in [7, 11) is 0. The maximum atomic E-state index is 15.0. The number of H-pyrrole nitrogens is 1. The van der Waals surface area contributed by atoms with Crippen molar-refractivity contribution in [1.82, 2.24) is 15.1 Å². The Morgan fingerprint density at radius 1 is 1.29 bits per heavy atom. The molecule has 0 unspecified atom stereocenters. The lowest BCUT2D eigenvalue weighted by Gasteiger charge is -2.28. The quantitative estimate of drug-likeness (QED) is 0.660. The summed E-state index contributed by atoms with van der Waals surface area (Å²) >= 11 is 0. The SMILES string of the molecule is Cc1cc(C)c(-c2n[nH]c3c2[C@@H](c2ccccc2F)N(C[C@@H]2CCCO2)C3=O)c(O)c1. The predicted molar refractivity (Wildman–Crippen MR) is 113 cm³/mol. The van der Waals surface area contributed by atoms with Crippen molar-refractivity contribution in [3.8, 4) is 17.0 Å². The average Bonchev–Trinajstić information content (AvgIpc) is 3.43. The number of phenols is 1. The number of hydrogen-bond donors (Lipinski definition) is 2. The molecular weight excluding hydrogens is 397 g/mol. The largest absolute Gasteiger partial charge is 0.507 e. The highest BCUT2D eigenvalue weighted by atomic mass is 19.1. The van der Waals surface area contributed by atoms with Crippen LogP contribution < -0.4 is 0 Å². The molecule has 0 bridgehead atoms. The summed E-state index contributed by atoms with van der Waals surface area (Å²) in [6.45, 7) is 4.84. The van der Waals surface area contributed by atoms with E-state index in [1.165, 1.54) is 6.07 Å². The number of aromatic nitrogens is 2. The third-order valence-electron chi connectivity index (χ3n) is 6.18. The van der Waals surface area contributed by atoms with E-state index in [4.69, 9.17) is 4.74 Å². The van der Waals surface area contributed by atoms with Crippen molar-refractivity contribution < 1.29 is 19.0 Å². The first-order valence-corrected chi connectivity index (χ1v) is 10.5. The van der Waals surface area contributed by atoms with E-state index in [-0.39, 0.29) is 23.6 Å². The van der Waals surface area contributed by atoms with Crippen molar-refractivity contribution in [2.75, 3.05) is 13.2 Å². The molecule has 31 heavy (non-hydrogen) atoms. The van der Waals surface area contributed by atoms with E-state index in [1.807, 2.05) is 19.9 Å². The number of aromatic hydroxyl groups is 1. The van der Waals surface area contributed by atoms with Gasteiger partial charge >= 0.3 is 0 Å². The molecule has 160 valence electrons. The number of phenolic OH excluding ortho intramolecular Hbond substituents is 1. The Kier molecular flexibility index (Phi) is 4.78. The number of aromatic amines is 1. The number of nitrogens with one attached hydrogen (secondary N) is 1. The third-order valence-corrected chi connectivity index (χ3v) is 6.18. The standard InChI is InChI=1S/C24H24FN3O3/c1-13-10-14(2)19(18(29)11-13)21-20-22(27-26-21)24(30)28(12-15-6-5-9-31-15)23(20)16-7-3-4-8-17(16)25/h3-4,7-8,10-11,15,23,29H,5-6,9,12H2,1-2H3,(H,26,27)/t15-,23+/m0/s1. The van der Waals surface area contributed by atoms with Crippen LogP contribution in [0.5, 0.6) is 5.75 Å². The van der Waals surface area contributed by atoms with Crippen LogP contribution in [0.25, 0.3) is 11.3 Å². The van der Waals surface area contributed by atoms with Gasteiger partial charge in [0.05, 0.1) is 12.1 Å². The molecule has 2 aliphatic heterocycles. The van der Waals surface area contributed by atoms with Crippen molar-refractivity contribution in [3.63, 3.8) is 0 Å². The van der Waals surface area contributed by atoms with E-state index in [2.05, 4.69) is 10.2 Å². The van der Waals surface area contributed by atoms with Gasteiger partial charge in [-0.05, 0) is 49.9 Å². The Balaban J connectivity index is 1.69. The van der Waals surface area contributed by atoms with Crippen LogP contribution in [0, 0.1) is 19.7 Å². The monoisotopic (exact) mass is 421 g/mol. The number of aryl methyl sites for hydroxylation is 2. The Hall–Kier alpha value is -3.19. The third kappa shape index (κ3) is 3.20. The number of hydrogen-bond acceptors (Lipinski definition) is 4. The molecule has 2 aromatic carbocycles. The molecule has 7 heteroatoms. The fourth-order valence-corrected chi connectivity index (χ4v) is 4.86. The van der Waals surface area contributed by atoms with Gasteiger partial charge in [0, 0.05) is 29.8 Å². The first-order chi connectivity index (χ1) is 15.0. The Morgan fingerprint density at radius 2 is 2.10 bits per heavy atom. The van der Waals surface area contributed by atoms with Gasteiger partial charge in [0.2, 0.25) is 0 Å². The molecule has 0 saturated carbocycles. The predicted octanol–water partition coefficient (Wildman–Crippen LogP) is 4.26. The van der Waals surface area contributed by atoms with Crippen LogP contribution in [0.2, 0.25) is 0 Å². The molecule has 2 aliphatic rings. The number of ether oxygens (including phenoxy) is 1.